The molecule has 0 unspecified atom stereocenters. The van der Waals surface area contributed by atoms with Crippen LogP contribution in [-0.2, 0) is 4.79 Å². The first kappa shape index (κ1) is 21.7. The molecule has 6 nitrogen and oxygen atoms in total. The summed E-state index contributed by atoms with van der Waals surface area (Å²) >= 11 is 0. The molecular formula is C27H33N5O. The molecule has 2 saturated carbocycles. The van der Waals surface area contributed by atoms with Crippen LogP contribution in [0.3, 0.4) is 0 Å². The molecule has 2 aromatic carbocycles. The molecule has 5 rings (SSSR count). The van der Waals surface area contributed by atoms with Crippen LogP contribution < -0.4 is 15.5 Å². The first-order valence-corrected chi connectivity index (χ1v) is 12.1. The predicted octanol–water partition coefficient (Wildman–Crippen LogP) is 4.59. The minimum absolute atomic E-state index is 0.154. The summed E-state index contributed by atoms with van der Waals surface area (Å²) in [5.41, 5.74) is 2.25. The van der Waals surface area contributed by atoms with E-state index in [1.807, 2.05) is 43.3 Å². The summed E-state index contributed by atoms with van der Waals surface area (Å²) in [5, 5.41) is 7.87. The zero-order valence-corrected chi connectivity index (χ0v) is 19.5. The Hall–Kier alpha value is -3.15. The van der Waals surface area contributed by atoms with E-state index in [9.17, 15) is 4.79 Å². The fourth-order valence-corrected chi connectivity index (χ4v) is 5.09. The third-order valence-electron chi connectivity index (χ3n) is 7.11. The number of rotatable bonds is 7. The van der Waals surface area contributed by atoms with Crippen LogP contribution in [0.25, 0.3) is 10.9 Å². The number of carbonyl (C=O) groups is 1. The SMILES string of the molecule is CN(C)c1nc(N[C@H]2CC[C@@H](CNC(=O)[C@@H]3C[C@H]3c3ccccc3)CC2)nc2ccccc12. The van der Waals surface area contributed by atoms with Gasteiger partial charge in [0.05, 0.1) is 5.52 Å². The number of hydrogen-bond acceptors (Lipinski definition) is 5. The zero-order valence-electron chi connectivity index (χ0n) is 19.5. The van der Waals surface area contributed by atoms with Crippen LogP contribution >= 0.6 is 0 Å². The molecule has 2 fully saturated rings. The van der Waals surface area contributed by atoms with E-state index in [1.165, 1.54) is 5.56 Å². The lowest BCUT2D eigenvalue weighted by molar-refractivity contribution is -0.122. The highest BCUT2D eigenvalue weighted by Gasteiger charge is 2.43. The standard InChI is InChI=1S/C27H33N5O/c1-32(2)25-21-10-6-7-11-24(21)30-27(31-25)29-20-14-12-18(13-15-20)17-28-26(33)23-16-22(23)19-8-4-3-5-9-19/h3-11,18,20,22-23H,12-17H2,1-2H3,(H,28,33)(H,29,30,31)/t18-,20+,22-,23+/m0/s1. The smallest absolute Gasteiger partial charge is 0.225 e. The Balaban J connectivity index is 1.10. The highest BCUT2D eigenvalue weighted by Crippen LogP contribution is 2.47. The van der Waals surface area contributed by atoms with Crippen molar-refractivity contribution in [2.45, 2.75) is 44.1 Å². The Morgan fingerprint density at radius 3 is 2.45 bits per heavy atom. The summed E-state index contributed by atoms with van der Waals surface area (Å²) < 4.78 is 0. The van der Waals surface area contributed by atoms with E-state index in [4.69, 9.17) is 9.97 Å². The van der Waals surface area contributed by atoms with Gasteiger partial charge in [0.15, 0.2) is 0 Å². The van der Waals surface area contributed by atoms with E-state index in [-0.39, 0.29) is 11.8 Å². The molecule has 2 aliphatic rings. The van der Waals surface area contributed by atoms with Gasteiger partial charge in [0.2, 0.25) is 11.9 Å². The van der Waals surface area contributed by atoms with E-state index in [1.54, 1.807) is 0 Å². The minimum Gasteiger partial charge on any atom is -0.362 e. The van der Waals surface area contributed by atoms with Gasteiger partial charge in [-0.1, -0.05) is 42.5 Å². The van der Waals surface area contributed by atoms with Gasteiger partial charge in [0.1, 0.15) is 5.82 Å². The third kappa shape index (κ3) is 4.95. The zero-order chi connectivity index (χ0) is 22.8. The number of benzene rings is 2. The number of para-hydroxylation sites is 1. The Morgan fingerprint density at radius 2 is 1.70 bits per heavy atom. The van der Waals surface area contributed by atoms with E-state index >= 15 is 0 Å². The largest absolute Gasteiger partial charge is 0.362 e. The Bertz CT molecular complexity index is 1110. The number of amides is 1. The van der Waals surface area contributed by atoms with Gasteiger partial charge in [-0.3, -0.25) is 4.79 Å². The normalized spacial score (nSPS) is 24.3. The van der Waals surface area contributed by atoms with Crippen molar-refractivity contribution in [3.63, 3.8) is 0 Å². The first-order chi connectivity index (χ1) is 16.1. The van der Waals surface area contributed by atoms with Gasteiger partial charge in [0.25, 0.3) is 0 Å². The Morgan fingerprint density at radius 1 is 0.970 bits per heavy atom. The van der Waals surface area contributed by atoms with E-state index in [0.29, 0.717) is 23.8 Å². The lowest BCUT2D eigenvalue weighted by Crippen LogP contribution is -2.35. The molecule has 1 amide bonds. The molecule has 33 heavy (non-hydrogen) atoms. The molecule has 2 atom stereocenters. The first-order valence-electron chi connectivity index (χ1n) is 12.1. The van der Waals surface area contributed by atoms with Crippen molar-refractivity contribution in [1.29, 1.82) is 0 Å². The van der Waals surface area contributed by atoms with Crippen LogP contribution in [0.2, 0.25) is 0 Å². The van der Waals surface area contributed by atoms with Crippen LogP contribution in [0.15, 0.2) is 54.6 Å². The molecule has 2 aliphatic carbocycles. The molecule has 0 saturated heterocycles. The second-order valence-corrected chi connectivity index (χ2v) is 9.75. The molecule has 172 valence electrons. The van der Waals surface area contributed by atoms with Gasteiger partial charge in [-0.2, -0.15) is 4.98 Å². The molecule has 6 heteroatoms. The molecule has 2 N–H and O–H groups in total. The van der Waals surface area contributed by atoms with Crippen LogP contribution in [0.4, 0.5) is 11.8 Å². The average Bonchev–Trinajstić information content (AvgIpc) is 3.65. The summed E-state index contributed by atoms with van der Waals surface area (Å²) in [6.07, 6.45) is 5.35. The lowest BCUT2D eigenvalue weighted by atomic mass is 9.86. The monoisotopic (exact) mass is 443 g/mol. The van der Waals surface area contributed by atoms with Crippen molar-refractivity contribution in [2.24, 2.45) is 11.8 Å². The number of anilines is 2. The maximum absolute atomic E-state index is 12.6. The van der Waals surface area contributed by atoms with Gasteiger partial charge < -0.3 is 15.5 Å². The summed E-state index contributed by atoms with van der Waals surface area (Å²) in [7, 11) is 4.03. The maximum atomic E-state index is 12.6. The lowest BCUT2D eigenvalue weighted by Gasteiger charge is -2.29. The van der Waals surface area contributed by atoms with E-state index < -0.39 is 0 Å². The van der Waals surface area contributed by atoms with E-state index in [0.717, 1.165) is 55.4 Å². The van der Waals surface area contributed by atoms with Gasteiger partial charge in [0, 0.05) is 38.0 Å². The van der Waals surface area contributed by atoms with E-state index in [2.05, 4.69) is 41.0 Å². The average molecular weight is 444 g/mol. The number of nitrogens with one attached hydrogen (secondary N) is 2. The number of fused-ring (bicyclic) bond motifs is 1. The fraction of sp³-hybridized carbons (Fsp3) is 0.444. The molecule has 1 aromatic heterocycles. The van der Waals surface area contributed by atoms with Crippen LogP contribution in [0, 0.1) is 11.8 Å². The second kappa shape index (κ2) is 9.38. The molecule has 0 radical (unpaired) electrons. The number of carbonyl (C=O) groups excluding carboxylic acids is 1. The van der Waals surface area contributed by atoms with Gasteiger partial charge >= 0.3 is 0 Å². The summed E-state index contributed by atoms with van der Waals surface area (Å²) in [6, 6.07) is 18.9. The molecule has 3 aromatic rings. The van der Waals surface area contributed by atoms with Gasteiger partial charge in [-0.25, -0.2) is 4.98 Å². The fourth-order valence-electron chi connectivity index (χ4n) is 5.09. The van der Waals surface area contributed by atoms with Crippen molar-refractivity contribution in [2.75, 3.05) is 30.9 Å². The number of nitrogens with zero attached hydrogens (tertiary/aromatic N) is 3. The summed E-state index contributed by atoms with van der Waals surface area (Å²) in [4.78, 5) is 24.1. The Kier molecular flexibility index (Phi) is 6.16. The second-order valence-electron chi connectivity index (χ2n) is 9.75. The minimum atomic E-state index is 0.154. The van der Waals surface area contributed by atoms with Crippen LogP contribution in [0.5, 0.6) is 0 Å². The molecule has 0 spiro atoms. The Labute approximate surface area is 195 Å². The van der Waals surface area contributed by atoms with Crippen molar-refractivity contribution in [3.8, 4) is 0 Å². The molecule has 0 aliphatic heterocycles. The molecule has 1 heterocycles. The third-order valence-corrected chi connectivity index (χ3v) is 7.11. The number of aromatic nitrogens is 2. The predicted molar refractivity (Wildman–Crippen MR) is 134 cm³/mol. The highest BCUT2D eigenvalue weighted by atomic mass is 16.2. The van der Waals surface area contributed by atoms with Crippen LogP contribution in [-0.4, -0.2) is 42.6 Å². The maximum Gasteiger partial charge on any atom is 0.225 e. The van der Waals surface area contributed by atoms with Crippen molar-refractivity contribution >= 4 is 28.6 Å². The highest BCUT2D eigenvalue weighted by molar-refractivity contribution is 5.90. The topological polar surface area (TPSA) is 70.2 Å². The van der Waals surface area contributed by atoms with Gasteiger partial charge in [-0.15, -0.1) is 0 Å². The van der Waals surface area contributed by atoms with Crippen molar-refractivity contribution in [3.05, 3.63) is 60.2 Å². The summed E-state index contributed by atoms with van der Waals surface area (Å²) in [5.74, 6) is 2.98. The van der Waals surface area contributed by atoms with Crippen molar-refractivity contribution in [1.82, 2.24) is 15.3 Å². The molecular weight excluding hydrogens is 410 g/mol. The quantitative estimate of drug-likeness (QED) is 0.559. The summed E-state index contributed by atoms with van der Waals surface area (Å²) in [6.45, 7) is 0.792. The molecule has 0 bridgehead atoms. The number of hydrogen-bond donors (Lipinski definition) is 2. The van der Waals surface area contributed by atoms with Crippen molar-refractivity contribution < 1.29 is 4.79 Å². The van der Waals surface area contributed by atoms with Gasteiger partial charge in [-0.05, 0) is 61.6 Å². The van der Waals surface area contributed by atoms with Crippen LogP contribution in [0.1, 0.15) is 43.6 Å².